The lowest BCUT2D eigenvalue weighted by Crippen LogP contribution is -1.97. The van der Waals surface area contributed by atoms with Crippen LogP contribution in [0.25, 0.3) is 0 Å². The summed E-state index contributed by atoms with van der Waals surface area (Å²) in [6.45, 7) is 0. The van der Waals surface area contributed by atoms with E-state index in [0.717, 1.165) is 6.29 Å². The van der Waals surface area contributed by atoms with Gasteiger partial charge in [-0.05, 0) is 6.21 Å². The number of nitrogens with one attached hydrogen (secondary N) is 1. The third kappa shape index (κ3) is 3.91. The highest BCUT2D eigenvalue weighted by Crippen LogP contribution is 1.97. The van der Waals surface area contributed by atoms with Crippen molar-refractivity contribution in [3.63, 3.8) is 0 Å². The van der Waals surface area contributed by atoms with Crippen molar-refractivity contribution in [1.82, 2.24) is 0 Å². The van der Waals surface area contributed by atoms with Crippen molar-refractivity contribution in [2.45, 2.75) is 10.3 Å². The molecule has 7 heavy (non-hydrogen) atoms. The lowest BCUT2D eigenvalue weighted by atomic mass is 10.4. The van der Waals surface area contributed by atoms with E-state index < -0.39 is 0 Å². The van der Waals surface area contributed by atoms with Crippen LogP contribution in [-0.4, -0.2) is 16.4 Å². The van der Waals surface area contributed by atoms with Crippen LogP contribution in [-0.2, 0) is 4.79 Å². The Kier molecular flexibility index (Phi) is 4.28. The summed E-state index contributed by atoms with van der Waals surface area (Å²) >= 11 is 1.99. The van der Waals surface area contributed by atoms with E-state index in [-0.39, 0.29) is 3.92 Å². The third-order valence-corrected chi connectivity index (χ3v) is 1.29. The molecule has 0 fully saturated rings. The molecule has 1 atom stereocenters. The minimum absolute atomic E-state index is 0.00454. The Labute approximate surface area is 55.9 Å². The van der Waals surface area contributed by atoms with Gasteiger partial charge < -0.3 is 10.2 Å². The van der Waals surface area contributed by atoms with E-state index in [1.807, 2.05) is 22.6 Å². The molecule has 0 heterocycles. The molecule has 0 aromatic rings. The topological polar surface area (TPSA) is 40.9 Å². The fraction of sp³-hybridized carbons (Fsp3) is 0.500. The smallest absolute Gasteiger partial charge is 0.133 e. The van der Waals surface area contributed by atoms with Gasteiger partial charge in [0.25, 0.3) is 0 Å². The highest BCUT2D eigenvalue weighted by molar-refractivity contribution is 14.1. The largest absolute Gasteiger partial charge is 0.313 e. The van der Waals surface area contributed by atoms with Gasteiger partial charge in [0.15, 0.2) is 0 Å². The van der Waals surface area contributed by atoms with Crippen molar-refractivity contribution < 1.29 is 4.79 Å². The number of rotatable bonds is 3. The molecule has 0 radical (unpaired) electrons. The average molecular weight is 211 g/mol. The Hall–Kier alpha value is 0.0700. The van der Waals surface area contributed by atoms with Gasteiger partial charge in [-0.25, -0.2) is 0 Å². The molecule has 0 aromatic heterocycles. The SMILES string of the molecule is N=CCC(I)C=O. The highest BCUT2D eigenvalue weighted by Gasteiger charge is 1.94. The predicted octanol–water partition coefficient (Wildman–Crippen LogP) is 1.03. The first-order valence-electron chi connectivity index (χ1n) is 1.89. The minimum atomic E-state index is -0.00454. The fourth-order valence-electron chi connectivity index (χ4n) is 0.168. The first-order valence-corrected chi connectivity index (χ1v) is 3.14. The van der Waals surface area contributed by atoms with Crippen LogP contribution in [0.1, 0.15) is 6.42 Å². The number of carbonyl (C=O) groups is 1. The molecule has 0 aliphatic heterocycles. The molecule has 0 saturated carbocycles. The Morgan fingerprint density at radius 1 is 1.86 bits per heavy atom. The fourth-order valence-corrected chi connectivity index (χ4v) is 0.422. The molecule has 0 spiro atoms. The monoisotopic (exact) mass is 211 g/mol. The van der Waals surface area contributed by atoms with Crippen LogP contribution in [0.15, 0.2) is 0 Å². The van der Waals surface area contributed by atoms with Gasteiger partial charge in [0, 0.05) is 6.42 Å². The van der Waals surface area contributed by atoms with Gasteiger partial charge >= 0.3 is 0 Å². The van der Waals surface area contributed by atoms with Crippen LogP contribution in [0, 0.1) is 5.41 Å². The van der Waals surface area contributed by atoms with E-state index in [4.69, 9.17) is 5.41 Å². The number of alkyl halides is 1. The first-order chi connectivity index (χ1) is 3.31. The van der Waals surface area contributed by atoms with E-state index in [0.29, 0.717) is 6.42 Å². The summed E-state index contributed by atoms with van der Waals surface area (Å²) in [4.78, 5) is 9.78. The maximum atomic E-state index is 9.78. The van der Waals surface area contributed by atoms with Crippen molar-refractivity contribution in [2.75, 3.05) is 0 Å². The highest BCUT2D eigenvalue weighted by atomic mass is 127. The molecule has 2 nitrogen and oxygen atoms in total. The number of aldehydes is 1. The van der Waals surface area contributed by atoms with Gasteiger partial charge in [-0.3, -0.25) is 0 Å². The van der Waals surface area contributed by atoms with Crippen molar-refractivity contribution in [3.8, 4) is 0 Å². The maximum absolute atomic E-state index is 9.78. The molecule has 0 aliphatic rings. The molecular weight excluding hydrogens is 205 g/mol. The quantitative estimate of drug-likeness (QED) is 0.322. The Morgan fingerprint density at radius 3 is 2.57 bits per heavy atom. The number of hydrogen-bond acceptors (Lipinski definition) is 2. The molecule has 40 valence electrons. The van der Waals surface area contributed by atoms with E-state index in [2.05, 4.69) is 0 Å². The summed E-state index contributed by atoms with van der Waals surface area (Å²) in [7, 11) is 0. The number of halogens is 1. The zero-order valence-corrected chi connectivity index (χ0v) is 5.88. The van der Waals surface area contributed by atoms with Crippen LogP contribution in [0.5, 0.6) is 0 Å². The zero-order chi connectivity index (χ0) is 5.70. The molecule has 1 unspecified atom stereocenters. The predicted molar refractivity (Wildman–Crippen MR) is 37.3 cm³/mol. The number of carbonyl (C=O) groups excluding carboxylic acids is 1. The van der Waals surface area contributed by atoms with Crippen LogP contribution < -0.4 is 0 Å². The first kappa shape index (κ1) is 7.07. The summed E-state index contributed by atoms with van der Waals surface area (Å²) in [6.07, 6.45) is 2.64. The number of hydrogen-bond donors (Lipinski definition) is 1. The average Bonchev–Trinajstić information content (AvgIpc) is 1.68. The molecule has 0 aliphatic carbocycles. The summed E-state index contributed by atoms with van der Waals surface area (Å²) in [5.74, 6) is 0. The summed E-state index contributed by atoms with van der Waals surface area (Å²) in [5, 5.41) is 6.55. The van der Waals surface area contributed by atoms with Crippen molar-refractivity contribution in [2.24, 2.45) is 0 Å². The minimum Gasteiger partial charge on any atom is -0.313 e. The molecule has 0 amide bonds. The Morgan fingerprint density at radius 2 is 2.43 bits per heavy atom. The van der Waals surface area contributed by atoms with Crippen LogP contribution in [0.4, 0.5) is 0 Å². The van der Waals surface area contributed by atoms with Gasteiger partial charge in [-0.2, -0.15) is 0 Å². The van der Waals surface area contributed by atoms with Gasteiger partial charge in [-0.1, -0.05) is 22.6 Å². The molecule has 1 N–H and O–H groups in total. The second-order valence-corrected chi connectivity index (χ2v) is 2.69. The lowest BCUT2D eigenvalue weighted by molar-refractivity contribution is -0.107. The summed E-state index contributed by atoms with van der Waals surface area (Å²) in [6, 6.07) is 0. The van der Waals surface area contributed by atoms with E-state index in [9.17, 15) is 4.79 Å². The van der Waals surface area contributed by atoms with E-state index >= 15 is 0 Å². The van der Waals surface area contributed by atoms with Crippen molar-refractivity contribution in [1.29, 1.82) is 5.41 Å². The molecule has 0 bridgehead atoms. The molecular formula is C4H6INO. The van der Waals surface area contributed by atoms with E-state index in [1.54, 1.807) is 0 Å². The normalized spacial score (nSPS) is 12.7. The van der Waals surface area contributed by atoms with Gasteiger partial charge in [0.05, 0.1) is 3.92 Å². The molecule has 3 heteroatoms. The second-order valence-electron chi connectivity index (χ2n) is 1.09. The molecule has 0 aromatic carbocycles. The third-order valence-electron chi connectivity index (χ3n) is 0.491. The van der Waals surface area contributed by atoms with E-state index in [1.165, 1.54) is 6.21 Å². The Balaban J connectivity index is 3.15. The lowest BCUT2D eigenvalue weighted by Gasteiger charge is -1.88. The summed E-state index contributed by atoms with van der Waals surface area (Å²) < 4.78 is -0.00454. The Bertz CT molecular complexity index is 74.1. The van der Waals surface area contributed by atoms with Crippen LogP contribution >= 0.6 is 22.6 Å². The van der Waals surface area contributed by atoms with Crippen molar-refractivity contribution in [3.05, 3.63) is 0 Å². The second kappa shape index (κ2) is 4.23. The van der Waals surface area contributed by atoms with Gasteiger partial charge in [0.2, 0.25) is 0 Å². The van der Waals surface area contributed by atoms with Gasteiger partial charge in [-0.15, -0.1) is 0 Å². The maximum Gasteiger partial charge on any atom is 0.133 e. The van der Waals surface area contributed by atoms with Gasteiger partial charge in [0.1, 0.15) is 6.29 Å². The van der Waals surface area contributed by atoms with Crippen LogP contribution in [0.2, 0.25) is 0 Å². The molecule has 0 saturated heterocycles. The zero-order valence-electron chi connectivity index (χ0n) is 3.73. The van der Waals surface area contributed by atoms with Crippen LogP contribution in [0.3, 0.4) is 0 Å². The summed E-state index contributed by atoms with van der Waals surface area (Å²) in [5.41, 5.74) is 0. The standard InChI is InChI=1S/C4H6INO/c5-4(3-7)1-2-6/h2-4,6H,1H2. The molecule has 0 rings (SSSR count). The van der Waals surface area contributed by atoms with Crippen molar-refractivity contribution >= 4 is 35.1 Å².